The molecule has 20 heavy (non-hydrogen) atoms. The van der Waals surface area contributed by atoms with Crippen molar-refractivity contribution in [2.75, 3.05) is 6.61 Å². The Bertz CT molecular complexity index is 546. The quantitative estimate of drug-likeness (QED) is 0.773. The molecule has 2 atom stereocenters. The molecule has 1 aromatic rings. The number of carbonyl (C=O) groups is 2. The van der Waals surface area contributed by atoms with E-state index in [-0.39, 0.29) is 24.0 Å². The second-order valence-electron chi connectivity index (χ2n) is 5.63. The first-order valence-electron chi connectivity index (χ1n) is 6.69. The van der Waals surface area contributed by atoms with Gasteiger partial charge in [0.1, 0.15) is 6.10 Å². The van der Waals surface area contributed by atoms with Crippen molar-refractivity contribution in [2.24, 2.45) is 0 Å². The fraction of sp³-hybridized carbons (Fsp3) is 0.467. The molecule has 5 nitrogen and oxygen atoms in total. The van der Waals surface area contributed by atoms with Crippen LogP contribution in [0.4, 0.5) is 0 Å². The number of fused-ring (bicyclic) bond motifs is 1. The number of nitrogens with zero attached hydrogens (tertiary/aromatic N) is 1. The molecule has 1 fully saturated rings. The van der Waals surface area contributed by atoms with Gasteiger partial charge >= 0.3 is 0 Å². The fourth-order valence-corrected chi connectivity index (χ4v) is 2.70. The first-order chi connectivity index (χ1) is 9.41. The summed E-state index contributed by atoms with van der Waals surface area (Å²) in [4.78, 5) is 26.0. The van der Waals surface area contributed by atoms with Crippen LogP contribution in [0.5, 0.6) is 0 Å². The van der Waals surface area contributed by atoms with Gasteiger partial charge in [-0.25, -0.2) is 0 Å². The Labute approximate surface area is 117 Å². The lowest BCUT2D eigenvalue weighted by molar-refractivity contribution is -0.143. The van der Waals surface area contributed by atoms with Crippen LogP contribution >= 0.6 is 0 Å². The van der Waals surface area contributed by atoms with Gasteiger partial charge < -0.3 is 9.47 Å². The zero-order valence-electron chi connectivity index (χ0n) is 11.8. The summed E-state index contributed by atoms with van der Waals surface area (Å²) in [5.74, 6) is -1.18. The molecule has 3 rings (SSSR count). The number of benzene rings is 1. The molecule has 106 valence electrons. The highest BCUT2D eigenvalue weighted by atomic mass is 16.7. The maximum Gasteiger partial charge on any atom is 0.261 e. The van der Waals surface area contributed by atoms with Crippen LogP contribution in [0.1, 0.15) is 41.5 Å². The summed E-state index contributed by atoms with van der Waals surface area (Å²) in [7, 11) is 0. The minimum Gasteiger partial charge on any atom is -0.348 e. The Hall–Kier alpha value is -1.72. The molecular formula is C15H17NO4. The van der Waals surface area contributed by atoms with E-state index in [0.29, 0.717) is 17.7 Å². The molecule has 2 heterocycles. The lowest BCUT2D eigenvalue weighted by atomic mass is 10.1. The lowest BCUT2D eigenvalue weighted by Gasteiger charge is -2.27. The molecule has 0 radical (unpaired) electrons. The molecule has 1 saturated heterocycles. The fourth-order valence-electron chi connectivity index (χ4n) is 2.70. The summed E-state index contributed by atoms with van der Waals surface area (Å²) < 4.78 is 11.3. The molecule has 0 aliphatic carbocycles. The van der Waals surface area contributed by atoms with Crippen LogP contribution in [-0.2, 0) is 9.47 Å². The monoisotopic (exact) mass is 275 g/mol. The SMILES string of the molecule is C[C@@H]([C@H]1COC(C)(C)O1)N1C(=O)c2ccccc2C1=O. The van der Waals surface area contributed by atoms with Crippen molar-refractivity contribution in [3.8, 4) is 0 Å². The van der Waals surface area contributed by atoms with Gasteiger partial charge in [0.2, 0.25) is 0 Å². The van der Waals surface area contributed by atoms with Crippen molar-refractivity contribution in [3.05, 3.63) is 35.4 Å². The van der Waals surface area contributed by atoms with Crippen LogP contribution in [0.2, 0.25) is 0 Å². The standard InChI is InChI=1S/C15H17NO4/c1-9(12-8-19-15(2,3)20-12)16-13(17)10-6-4-5-7-11(10)14(16)18/h4-7,9,12H,8H2,1-3H3/t9-,12+/m0/s1. The molecule has 2 aliphatic rings. The van der Waals surface area contributed by atoms with Crippen molar-refractivity contribution < 1.29 is 19.1 Å². The second kappa shape index (κ2) is 4.40. The zero-order chi connectivity index (χ0) is 14.5. The van der Waals surface area contributed by atoms with Crippen molar-refractivity contribution in [3.63, 3.8) is 0 Å². The van der Waals surface area contributed by atoms with E-state index in [9.17, 15) is 9.59 Å². The van der Waals surface area contributed by atoms with Gasteiger partial charge in [-0.1, -0.05) is 12.1 Å². The predicted octanol–water partition coefficient (Wildman–Crippen LogP) is 1.82. The average Bonchev–Trinajstić information content (AvgIpc) is 2.89. The van der Waals surface area contributed by atoms with Gasteiger partial charge in [0, 0.05) is 0 Å². The third kappa shape index (κ3) is 1.94. The minimum absolute atomic E-state index is 0.258. The van der Waals surface area contributed by atoms with E-state index in [1.54, 1.807) is 24.3 Å². The summed E-state index contributed by atoms with van der Waals surface area (Å²) >= 11 is 0. The Kier molecular flexibility index (Phi) is 2.92. The minimum atomic E-state index is -0.669. The van der Waals surface area contributed by atoms with Gasteiger partial charge in [0.25, 0.3) is 11.8 Å². The summed E-state index contributed by atoms with van der Waals surface area (Å²) in [6.07, 6.45) is -0.299. The third-order valence-electron chi connectivity index (χ3n) is 3.80. The van der Waals surface area contributed by atoms with E-state index in [4.69, 9.17) is 9.47 Å². The highest BCUT2D eigenvalue weighted by molar-refractivity contribution is 6.21. The summed E-state index contributed by atoms with van der Waals surface area (Å²) in [5, 5.41) is 0. The number of carbonyl (C=O) groups excluding carboxylic acids is 2. The van der Waals surface area contributed by atoms with Crippen LogP contribution in [-0.4, -0.2) is 41.3 Å². The van der Waals surface area contributed by atoms with Gasteiger partial charge in [-0.15, -0.1) is 0 Å². The summed E-state index contributed by atoms with van der Waals surface area (Å²) in [6.45, 7) is 5.84. The van der Waals surface area contributed by atoms with Gasteiger partial charge in [0.05, 0.1) is 23.8 Å². The van der Waals surface area contributed by atoms with Crippen molar-refractivity contribution in [2.45, 2.75) is 38.7 Å². The van der Waals surface area contributed by atoms with E-state index >= 15 is 0 Å². The predicted molar refractivity (Wildman–Crippen MR) is 71.3 cm³/mol. The third-order valence-corrected chi connectivity index (χ3v) is 3.80. The Balaban J connectivity index is 1.86. The molecule has 0 aromatic heterocycles. The van der Waals surface area contributed by atoms with Crippen LogP contribution in [0, 0.1) is 0 Å². The number of hydrogen-bond donors (Lipinski definition) is 0. The molecule has 2 aliphatic heterocycles. The molecule has 0 N–H and O–H groups in total. The molecule has 2 amide bonds. The number of hydrogen-bond acceptors (Lipinski definition) is 4. The molecular weight excluding hydrogens is 258 g/mol. The molecule has 0 saturated carbocycles. The zero-order valence-corrected chi connectivity index (χ0v) is 11.8. The first kappa shape index (κ1) is 13.3. The summed E-state index contributed by atoms with van der Waals surface area (Å²) in [6, 6.07) is 6.52. The second-order valence-corrected chi connectivity index (χ2v) is 5.63. The Morgan fingerprint density at radius 3 is 2.20 bits per heavy atom. The number of ether oxygens (including phenoxy) is 2. The molecule has 0 bridgehead atoms. The van der Waals surface area contributed by atoms with Crippen LogP contribution in [0.25, 0.3) is 0 Å². The van der Waals surface area contributed by atoms with E-state index in [1.165, 1.54) is 4.90 Å². The van der Waals surface area contributed by atoms with Crippen molar-refractivity contribution >= 4 is 11.8 Å². The molecule has 1 aromatic carbocycles. The number of rotatable bonds is 2. The van der Waals surface area contributed by atoms with Gasteiger partial charge in [-0.05, 0) is 32.9 Å². The molecule has 0 spiro atoms. The van der Waals surface area contributed by atoms with Gasteiger partial charge in [-0.3, -0.25) is 14.5 Å². The highest BCUT2D eigenvalue weighted by Crippen LogP contribution is 2.30. The normalized spacial score (nSPS) is 25.9. The maximum absolute atomic E-state index is 12.4. The van der Waals surface area contributed by atoms with E-state index in [2.05, 4.69) is 0 Å². The van der Waals surface area contributed by atoms with Gasteiger partial charge in [-0.2, -0.15) is 0 Å². The largest absolute Gasteiger partial charge is 0.348 e. The maximum atomic E-state index is 12.4. The first-order valence-corrected chi connectivity index (χ1v) is 6.69. The van der Waals surface area contributed by atoms with E-state index in [1.807, 2.05) is 20.8 Å². The van der Waals surface area contributed by atoms with Crippen molar-refractivity contribution in [1.29, 1.82) is 0 Å². The molecule has 0 unspecified atom stereocenters. The Morgan fingerprint density at radius 1 is 1.20 bits per heavy atom. The number of imide groups is 1. The van der Waals surface area contributed by atoms with Crippen LogP contribution in [0.15, 0.2) is 24.3 Å². The van der Waals surface area contributed by atoms with E-state index < -0.39 is 5.79 Å². The number of amides is 2. The lowest BCUT2D eigenvalue weighted by Crippen LogP contribution is -2.46. The smallest absolute Gasteiger partial charge is 0.261 e. The van der Waals surface area contributed by atoms with E-state index in [0.717, 1.165) is 0 Å². The highest BCUT2D eigenvalue weighted by Gasteiger charge is 2.44. The van der Waals surface area contributed by atoms with Crippen LogP contribution < -0.4 is 0 Å². The van der Waals surface area contributed by atoms with Gasteiger partial charge in [0.15, 0.2) is 5.79 Å². The average molecular weight is 275 g/mol. The van der Waals surface area contributed by atoms with Crippen LogP contribution in [0.3, 0.4) is 0 Å². The van der Waals surface area contributed by atoms with Crippen molar-refractivity contribution in [1.82, 2.24) is 4.90 Å². The topological polar surface area (TPSA) is 55.8 Å². The molecule has 5 heteroatoms. The Morgan fingerprint density at radius 2 is 1.75 bits per heavy atom. The summed E-state index contributed by atoms with van der Waals surface area (Å²) in [5.41, 5.74) is 0.921.